The van der Waals surface area contributed by atoms with Crippen molar-refractivity contribution in [2.75, 3.05) is 13.2 Å². The topological polar surface area (TPSA) is 90.8 Å². The van der Waals surface area contributed by atoms with Gasteiger partial charge in [-0.3, -0.25) is 0 Å². The Labute approximate surface area is 172 Å². The second-order valence-corrected chi connectivity index (χ2v) is 8.06. The summed E-state index contributed by atoms with van der Waals surface area (Å²) in [5, 5.41) is 26.5. The lowest BCUT2D eigenvalue weighted by Crippen LogP contribution is -2.50. The van der Waals surface area contributed by atoms with E-state index in [1.807, 2.05) is 60.7 Å². The quantitative estimate of drug-likeness (QED) is 0.520. The van der Waals surface area contributed by atoms with E-state index >= 15 is 0 Å². The lowest BCUT2D eigenvalue weighted by molar-refractivity contribution is 0.0417. The number of aliphatic hydroxyl groups excluding tert-OH is 2. The molecule has 2 aromatic rings. The zero-order valence-corrected chi connectivity index (χ0v) is 17.3. The van der Waals surface area contributed by atoms with Crippen LogP contribution < -0.4 is 10.6 Å². The molecule has 0 aromatic heterocycles. The first-order chi connectivity index (χ1) is 13.8. The molecule has 0 radical (unpaired) electrons. The van der Waals surface area contributed by atoms with Crippen LogP contribution >= 0.6 is 0 Å². The maximum Gasteiger partial charge on any atom is 0.407 e. The van der Waals surface area contributed by atoms with Crippen molar-refractivity contribution in [1.29, 1.82) is 0 Å². The van der Waals surface area contributed by atoms with Gasteiger partial charge >= 0.3 is 6.09 Å². The van der Waals surface area contributed by atoms with E-state index in [-0.39, 0.29) is 19.2 Å². The van der Waals surface area contributed by atoms with Crippen LogP contribution in [0.2, 0.25) is 0 Å². The van der Waals surface area contributed by atoms with Crippen molar-refractivity contribution in [2.24, 2.45) is 0 Å². The van der Waals surface area contributed by atoms with E-state index in [1.54, 1.807) is 20.8 Å². The molecule has 2 aromatic carbocycles. The van der Waals surface area contributed by atoms with Gasteiger partial charge in [0.25, 0.3) is 0 Å². The first kappa shape index (κ1) is 22.9. The molecule has 4 N–H and O–H groups in total. The Hall–Kier alpha value is -2.41. The Morgan fingerprint density at radius 2 is 1.62 bits per heavy atom. The van der Waals surface area contributed by atoms with Crippen molar-refractivity contribution in [3.05, 3.63) is 71.8 Å². The van der Waals surface area contributed by atoms with Gasteiger partial charge in [-0.05, 0) is 38.3 Å². The summed E-state index contributed by atoms with van der Waals surface area (Å²) in [7, 11) is 0. The summed E-state index contributed by atoms with van der Waals surface area (Å²) in [6.07, 6.45) is -0.988. The summed E-state index contributed by atoms with van der Waals surface area (Å²) in [6.45, 7) is 5.49. The first-order valence-corrected chi connectivity index (χ1v) is 9.89. The minimum absolute atomic E-state index is 0.0976. The highest BCUT2D eigenvalue weighted by Gasteiger charge is 2.25. The monoisotopic (exact) mass is 400 g/mol. The lowest BCUT2D eigenvalue weighted by atomic mass is 10.0. The summed E-state index contributed by atoms with van der Waals surface area (Å²) >= 11 is 0. The Kier molecular flexibility index (Phi) is 8.64. The molecule has 0 fully saturated rings. The van der Waals surface area contributed by atoms with Gasteiger partial charge in [0.05, 0.1) is 24.8 Å². The van der Waals surface area contributed by atoms with Crippen LogP contribution in [0.15, 0.2) is 60.7 Å². The molecule has 0 saturated carbocycles. The Morgan fingerprint density at radius 1 is 1.03 bits per heavy atom. The minimum atomic E-state index is -0.875. The highest BCUT2D eigenvalue weighted by Crippen LogP contribution is 2.13. The Morgan fingerprint density at radius 3 is 2.17 bits per heavy atom. The molecule has 29 heavy (non-hydrogen) atoms. The third kappa shape index (κ3) is 8.23. The van der Waals surface area contributed by atoms with Crippen molar-refractivity contribution in [3.8, 4) is 0 Å². The van der Waals surface area contributed by atoms with Crippen molar-refractivity contribution in [1.82, 2.24) is 10.6 Å². The highest BCUT2D eigenvalue weighted by molar-refractivity contribution is 5.68. The summed E-state index contributed by atoms with van der Waals surface area (Å²) in [5.41, 5.74) is 1.30. The van der Waals surface area contributed by atoms with Crippen LogP contribution in [0.1, 0.15) is 37.9 Å². The smallest absolute Gasteiger partial charge is 0.407 e. The fourth-order valence-electron chi connectivity index (χ4n) is 2.99. The van der Waals surface area contributed by atoms with Crippen LogP contribution in [0.3, 0.4) is 0 Å². The van der Waals surface area contributed by atoms with Gasteiger partial charge < -0.3 is 25.6 Å². The maximum absolute atomic E-state index is 12.3. The second kappa shape index (κ2) is 11.0. The number of nitrogens with one attached hydrogen (secondary N) is 2. The predicted molar refractivity (Wildman–Crippen MR) is 114 cm³/mol. The number of carbonyl (C=O) groups excluding carboxylic acids is 1. The number of ether oxygens (including phenoxy) is 1. The van der Waals surface area contributed by atoms with Gasteiger partial charge in [0, 0.05) is 6.54 Å². The van der Waals surface area contributed by atoms with E-state index in [2.05, 4.69) is 10.6 Å². The lowest BCUT2D eigenvalue weighted by Gasteiger charge is -2.28. The van der Waals surface area contributed by atoms with Crippen LogP contribution in [-0.2, 0) is 11.2 Å². The van der Waals surface area contributed by atoms with E-state index in [0.717, 1.165) is 11.1 Å². The number of benzene rings is 2. The number of amides is 1. The van der Waals surface area contributed by atoms with E-state index in [9.17, 15) is 15.0 Å². The third-order valence-corrected chi connectivity index (χ3v) is 4.42. The zero-order valence-electron chi connectivity index (χ0n) is 17.3. The van der Waals surface area contributed by atoms with Gasteiger partial charge in [-0.2, -0.15) is 0 Å². The molecule has 0 heterocycles. The average molecular weight is 401 g/mol. The normalized spacial score (nSPS) is 14.7. The largest absolute Gasteiger partial charge is 0.444 e. The fraction of sp³-hybridized carbons (Fsp3) is 0.435. The molecule has 0 aliphatic carbocycles. The molecular formula is C23H32N2O4. The molecular weight excluding hydrogens is 368 g/mol. The number of hydrogen-bond donors (Lipinski definition) is 4. The standard InChI is InChI=1S/C23H32N2O4/c1-23(2,3)29-22(28)25-19(14-17-10-6-4-7-11-17)21(27)15-24-20(16-26)18-12-8-5-9-13-18/h4-13,19-21,24,26-27H,14-16H2,1-3H3,(H,25,28)/t19?,20-,21?/m0/s1. The molecule has 0 saturated heterocycles. The number of aliphatic hydroxyl groups is 2. The average Bonchev–Trinajstić information content (AvgIpc) is 2.68. The van der Waals surface area contributed by atoms with Crippen LogP contribution in [0.5, 0.6) is 0 Å². The number of alkyl carbamates (subject to hydrolysis) is 1. The Balaban J connectivity index is 2.04. The molecule has 6 nitrogen and oxygen atoms in total. The SMILES string of the molecule is CC(C)(C)OC(=O)NC(Cc1ccccc1)C(O)CN[C@@H](CO)c1ccccc1. The van der Waals surface area contributed by atoms with Crippen molar-refractivity contribution < 1.29 is 19.7 Å². The molecule has 1 amide bonds. The van der Waals surface area contributed by atoms with E-state index < -0.39 is 23.8 Å². The summed E-state index contributed by atoms with van der Waals surface area (Å²) < 4.78 is 5.35. The maximum atomic E-state index is 12.3. The summed E-state index contributed by atoms with van der Waals surface area (Å²) in [6, 6.07) is 18.4. The van der Waals surface area contributed by atoms with E-state index in [0.29, 0.717) is 6.42 Å². The van der Waals surface area contributed by atoms with Gasteiger partial charge in [0.1, 0.15) is 5.60 Å². The van der Waals surface area contributed by atoms with Crippen molar-refractivity contribution in [3.63, 3.8) is 0 Å². The Bertz CT molecular complexity index is 732. The van der Waals surface area contributed by atoms with Crippen LogP contribution in [0.4, 0.5) is 4.79 Å². The van der Waals surface area contributed by atoms with Gasteiger partial charge in [-0.25, -0.2) is 4.79 Å². The number of rotatable bonds is 9. The first-order valence-electron chi connectivity index (χ1n) is 9.89. The molecule has 2 unspecified atom stereocenters. The molecule has 0 aliphatic heterocycles. The molecule has 6 heteroatoms. The minimum Gasteiger partial charge on any atom is -0.444 e. The molecule has 0 bridgehead atoms. The molecule has 158 valence electrons. The number of hydrogen-bond acceptors (Lipinski definition) is 5. The van der Waals surface area contributed by atoms with Crippen molar-refractivity contribution >= 4 is 6.09 Å². The second-order valence-electron chi connectivity index (χ2n) is 8.06. The van der Waals surface area contributed by atoms with Gasteiger partial charge in [0.15, 0.2) is 0 Å². The molecule has 0 aliphatic rings. The van der Waals surface area contributed by atoms with Gasteiger partial charge in [-0.1, -0.05) is 60.7 Å². The predicted octanol–water partition coefficient (Wildman–Crippen LogP) is 2.81. The zero-order chi connectivity index (χ0) is 21.3. The van der Waals surface area contributed by atoms with Gasteiger partial charge in [0.2, 0.25) is 0 Å². The van der Waals surface area contributed by atoms with Gasteiger partial charge in [-0.15, -0.1) is 0 Å². The highest BCUT2D eigenvalue weighted by atomic mass is 16.6. The van der Waals surface area contributed by atoms with E-state index in [4.69, 9.17) is 4.74 Å². The fourth-order valence-corrected chi connectivity index (χ4v) is 2.99. The van der Waals surface area contributed by atoms with E-state index in [1.165, 1.54) is 0 Å². The van der Waals surface area contributed by atoms with Crippen molar-refractivity contribution in [2.45, 2.75) is 51.0 Å². The third-order valence-electron chi connectivity index (χ3n) is 4.42. The molecule has 0 spiro atoms. The number of carbonyl (C=O) groups is 1. The van der Waals surface area contributed by atoms with Crippen LogP contribution in [0.25, 0.3) is 0 Å². The van der Waals surface area contributed by atoms with Crippen LogP contribution in [0, 0.1) is 0 Å². The molecule has 3 atom stereocenters. The molecule has 2 rings (SSSR count). The van der Waals surface area contributed by atoms with Crippen LogP contribution in [-0.4, -0.2) is 47.2 Å². The summed E-state index contributed by atoms with van der Waals surface area (Å²) in [4.78, 5) is 12.3. The summed E-state index contributed by atoms with van der Waals surface area (Å²) in [5.74, 6) is 0.